The number of hydrogen-bond acceptors (Lipinski definition) is 7. The molecule has 3 heterocycles. The largest absolute Gasteiger partial charge is 0.481 e. The molecule has 0 aliphatic carbocycles. The molecule has 2 aromatic rings. The number of rotatable bonds is 10. The van der Waals surface area contributed by atoms with Crippen LogP contribution in [-0.2, 0) is 29.8 Å². The van der Waals surface area contributed by atoms with Gasteiger partial charge >= 0.3 is 12.6 Å². The van der Waals surface area contributed by atoms with Crippen molar-refractivity contribution in [3.05, 3.63) is 53.2 Å². The average Bonchev–Trinajstić information content (AvgIpc) is 2.77. The van der Waals surface area contributed by atoms with Gasteiger partial charge in [0, 0.05) is 18.8 Å². The summed E-state index contributed by atoms with van der Waals surface area (Å²) >= 11 is 0. The van der Waals surface area contributed by atoms with Gasteiger partial charge in [0.1, 0.15) is 16.5 Å². The third kappa shape index (κ3) is 5.09. The summed E-state index contributed by atoms with van der Waals surface area (Å²) in [4.78, 5) is 29.5. The molecular formula is C25H29F2N3O7S. The highest BCUT2D eigenvalue weighted by atomic mass is 32.2. The van der Waals surface area contributed by atoms with Gasteiger partial charge in [0.05, 0.1) is 19.0 Å². The van der Waals surface area contributed by atoms with Crippen molar-refractivity contribution in [1.82, 2.24) is 9.29 Å². The number of sulfonamides is 1. The van der Waals surface area contributed by atoms with Crippen LogP contribution in [0.25, 0.3) is 0 Å². The number of carbonyl (C=O) groups excluding carboxylic acids is 1. The third-order valence-corrected chi connectivity index (χ3v) is 8.90. The molecule has 2 aliphatic rings. The summed E-state index contributed by atoms with van der Waals surface area (Å²) < 4.78 is 63.0. The number of nitrogens with one attached hydrogen (secondary N) is 1. The molecule has 0 spiro atoms. The summed E-state index contributed by atoms with van der Waals surface area (Å²) in [7, 11) is -4.08. The van der Waals surface area contributed by atoms with Crippen LogP contribution in [0.15, 0.2) is 36.4 Å². The molecule has 38 heavy (non-hydrogen) atoms. The second-order valence-corrected chi connectivity index (χ2v) is 12.0. The Bertz CT molecular complexity index is 1340. The van der Waals surface area contributed by atoms with Crippen LogP contribution in [0.4, 0.5) is 14.5 Å². The zero-order valence-electron chi connectivity index (χ0n) is 21.1. The molecule has 2 N–H and O–H groups in total. The standard InChI is InChI=1S/C25H29F2N3O7S/c1-15(2)17-6-4-5-7-18(17)25(21(31)29-19-9-8-16(3)28-20(19)37-23(26)27)10-30(11-25)38(34,35)14-24(22(32)33)12-36-13-24/h4-9,15,23H,10-14H2,1-3H3,(H,29,31)(H,32,33). The lowest BCUT2D eigenvalue weighted by molar-refractivity contribution is -0.174. The van der Waals surface area contributed by atoms with Crippen LogP contribution < -0.4 is 10.1 Å². The minimum Gasteiger partial charge on any atom is -0.481 e. The normalized spacial score (nSPS) is 18.5. The van der Waals surface area contributed by atoms with Crippen LogP contribution in [0.3, 0.4) is 0 Å². The van der Waals surface area contributed by atoms with Gasteiger partial charge in [0.2, 0.25) is 21.8 Å². The van der Waals surface area contributed by atoms with E-state index < -0.39 is 51.0 Å². The van der Waals surface area contributed by atoms with E-state index in [1.807, 2.05) is 26.0 Å². The minimum absolute atomic E-state index is 0.0114. The van der Waals surface area contributed by atoms with E-state index in [2.05, 4.69) is 15.0 Å². The molecule has 2 fully saturated rings. The molecule has 10 nitrogen and oxygen atoms in total. The Hall–Kier alpha value is -3.16. The van der Waals surface area contributed by atoms with Crippen molar-refractivity contribution in [1.29, 1.82) is 0 Å². The second kappa shape index (κ2) is 10.2. The van der Waals surface area contributed by atoms with Crippen molar-refractivity contribution in [2.45, 2.75) is 38.7 Å². The fraction of sp³-hybridized carbons (Fsp3) is 0.480. The SMILES string of the molecule is Cc1ccc(NC(=O)C2(c3ccccc3C(C)C)CN(S(=O)(=O)CC3(C(=O)O)COC3)C2)c(OC(F)F)n1. The van der Waals surface area contributed by atoms with Crippen LogP contribution >= 0.6 is 0 Å². The van der Waals surface area contributed by atoms with Gasteiger partial charge in [0.25, 0.3) is 0 Å². The van der Waals surface area contributed by atoms with Gasteiger partial charge < -0.3 is 19.9 Å². The van der Waals surface area contributed by atoms with Crippen LogP contribution in [0, 0.1) is 12.3 Å². The van der Waals surface area contributed by atoms with Gasteiger partial charge in [-0.3, -0.25) is 9.59 Å². The van der Waals surface area contributed by atoms with Crippen molar-refractivity contribution in [2.75, 3.05) is 37.4 Å². The van der Waals surface area contributed by atoms with Gasteiger partial charge in [-0.25, -0.2) is 13.4 Å². The third-order valence-electron chi connectivity index (χ3n) is 6.94. The van der Waals surface area contributed by atoms with Crippen molar-refractivity contribution in [2.24, 2.45) is 5.41 Å². The molecule has 0 saturated carbocycles. The predicted octanol–water partition coefficient (Wildman–Crippen LogP) is 2.74. The number of carboxylic acid groups (broad SMARTS) is 1. The average molecular weight is 554 g/mol. The molecule has 2 aliphatic heterocycles. The molecule has 0 unspecified atom stereocenters. The second-order valence-electron chi connectivity index (χ2n) is 10.1. The van der Waals surface area contributed by atoms with Gasteiger partial charge in [-0.15, -0.1) is 0 Å². The number of pyridine rings is 1. The van der Waals surface area contributed by atoms with E-state index in [-0.39, 0.29) is 37.9 Å². The van der Waals surface area contributed by atoms with Crippen molar-refractivity contribution < 1.29 is 41.4 Å². The highest BCUT2D eigenvalue weighted by Gasteiger charge is 2.58. The number of carboxylic acids is 1. The zero-order valence-corrected chi connectivity index (χ0v) is 21.9. The molecule has 13 heteroatoms. The molecule has 1 amide bonds. The Morgan fingerprint density at radius 3 is 2.39 bits per heavy atom. The van der Waals surface area contributed by atoms with Gasteiger partial charge in [0.15, 0.2) is 0 Å². The minimum atomic E-state index is -4.08. The summed E-state index contributed by atoms with van der Waals surface area (Å²) in [6.07, 6.45) is 0. The Labute approximate surface area is 219 Å². The maximum atomic E-state index is 13.8. The van der Waals surface area contributed by atoms with E-state index >= 15 is 0 Å². The van der Waals surface area contributed by atoms with Crippen LogP contribution in [-0.4, -0.2) is 73.4 Å². The first-order valence-corrected chi connectivity index (χ1v) is 13.5. The molecule has 2 saturated heterocycles. The fourth-order valence-electron chi connectivity index (χ4n) is 4.73. The lowest BCUT2D eigenvalue weighted by Crippen LogP contribution is -2.68. The first-order valence-electron chi connectivity index (χ1n) is 11.9. The number of aromatic nitrogens is 1. The summed E-state index contributed by atoms with van der Waals surface area (Å²) in [5.74, 6) is -3.02. The van der Waals surface area contributed by atoms with Crippen LogP contribution in [0.2, 0.25) is 0 Å². The van der Waals surface area contributed by atoms with Gasteiger partial charge in [-0.1, -0.05) is 38.1 Å². The lowest BCUT2D eigenvalue weighted by Gasteiger charge is -2.50. The monoisotopic (exact) mass is 553 g/mol. The number of carbonyl (C=O) groups is 2. The van der Waals surface area contributed by atoms with Gasteiger partial charge in [-0.2, -0.15) is 13.1 Å². The zero-order chi connectivity index (χ0) is 27.9. The molecule has 0 bridgehead atoms. The quantitative estimate of drug-likeness (QED) is 0.459. The van der Waals surface area contributed by atoms with Crippen molar-refractivity contribution >= 4 is 27.6 Å². The summed E-state index contributed by atoms with van der Waals surface area (Å²) in [6.45, 7) is 1.33. The number of amides is 1. The summed E-state index contributed by atoms with van der Waals surface area (Å²) in [5, 5.41) is 12.2. The van der Waals surface area contributed by atoms with E-state index in [1.165, 1.54) is 12.1 Å². The Morgan fingerprint density at radius 1 is 1.18 bits per heavy atom. The number of anilines is 1. The van der Waals surface area contributed by atoms with E-state index in [0.29, 0.717) is 11.3 Å². The number of alkyl halides is 2. The Morgan fingerprint density at radius 2 is 1.84 bits per heavy atom. The summed E-state index contributed by atoms with van der Waals surface area (Å²) in [5.41, 5.74) is -1.18. The maximum absolute atomic E-state index is 13.8. The number of aliphatic carboxylic acids is 1. The molecule has 0 radical (unpaired) electrons. The number of ether oxygens (including phenoxy) is 2. The maximum Gasteiger partial charge on any atom is 0.388 e. The molecule has 1 aromatic carbocycles. The summed E-state index contributed by atoms with van der Waals surface area (Å²) in [6, 6.07) is 10.0. The smallest absolute Gasteiger partial charge is 0.388 e. The molecular weight excluding hydrogens is 524 g/mol. The fourth-order valence-corrected chi connectivity index (χ4v) is 6.73. The number of halogens is 2. The topological polar surface area (TPSA) is 135 Å². The number of hydrogen-bond donors (Lipinski definition) is 2. The highest BCUT2D eigenvalue weighted by molar-refractivity contribution is 7.89. The highest BCUT2D eigenvalue weighted by Crippen LogP contribution is 2.43. The van der Waals surface area contributed by atoms with Gasteiger partial charge in [-0.05, 0) is 36.1 Å². The molecule has 1 aromatic heterocycles. The Kier molecular flexibility index (Phi) is 7.47. The molecule has 206 valence electrons. The van der Waals surface area contributed by atoms with Crippen LogP contribution in [0.5, 0.6) is 5.88 Å². The number of benzene rings is 1. The van der Waals surface area contributed by atoms with E-state index in [0.717, 1.165) is 9.87 Å². The van der Waals surface area contributed by atoms with E-state index in [4.69, 9.17) is 4.74 Å². The number of aryl methyl sites for hydroxylation is 1. The van der Waals surface area contributed by atoms with Crippen LogP contribution in [0.1, 0.15) is 36.6 Å². The molecule has 4 rings (SSSR count). The number of nitrogens with zero attached hydrogens (tertiary/aromatic N) is 2. The predicted molar refractivity (Wildman–Crippen MR) is 133 cm³/mol. The van der Waals surface area contributed by atoms with E-state index in [1.54, 1.807) is 19.1 Å². The lowest BCUT2D eigenvalue weighted by atomic mass is 9.71. The first kappa shape index (κ1) is 27.9. The first-order chi connectivity index (χ1) is 17.8. The van der Waals surface area contributed by atoms with E-state index in [9.17, 15) is 31.9 Å². The molecule has 0 atom stereocenters. The van der Waals surface area contributed by atoms with Crippen molar-refractivity contribution in [3.63, 3.8) is 0 Å². The Balaban J connectivity index is 1.68. The van der Waals surface area contributed by atoms with Crippen molar-refractivity contribution in [3.8, 4) is 5.88 Å².